The number of hydrogen-bond donors (Lipinski definition) is 1. The summed E-state index contributed by atoms with van der Waals surface area (Å²) >= 11 is 1.12. The number of aromatic nitrogens is 4. The lowest BCUT2D eigenvalue weighted by molar-refractivity contribution is 0.0591. The molecule has 8 nitrogen and oxygen atoms in total. The van der Waals surface area contributed by atoms with E-state index in [0.29, 0.717) is 11.7 Å². The summed E-state index contributed by atoms with van der Waals surface area (Å²) in [4.78, 5) is 27.5. The maximum atomic E-state index is 11.6. The number of carbonyl (C=O) groups excluding carboxylic acids is 2. The number of thiazole rings is 1. The maximum Gasteiger partial charge on any atom is 0.358 e. The van der Waals surface area contributed by atoms with E-state index in [-0.39, 0.29) is 16.4 Å². The average Bonchev–Trinajstić information content (AvgIpc) is 3.10. The van der Waals surface area contributed by atoms with Gasteiger partial charge in [0.05, 0.1) is 13.7 Å². The molecule has 21 heavy (non-hydrogen) atoms. The lowest BCUT2D eigenvalue weighted by Crippen LogP contribution is -2.08. The number of nitrogens with zero attached hydrogens (tertiary/aromatic N) is 4. The summed E-state index contributed by atoms with van der Waals surface area (Å²) in [7, 11) is 1.25. The quantitative estimate of drug-likeness (QED) is 0.635. The van der Waals surface area contributed by atoms with Gasteiger partial charge in [-0.3, -0.25) is 4.79 Å². The van der Waals surface area contributed by atoms with Gasteiger partial charge in [-0.05, 0) is 6.92 Å². The molecule has 2 aromatic rings. The van der Waals surface area contributed by atoms with Gasteiger partial charge in [0.15, 0.2) is 22.4 Å². The van der Waals surface area contributed by atoms with Crippen molar-refractivity contribution in [1.29, 1.82) is 0 Å². The summed E-state index contributed by atoms with van der Waals surface area (Å²) in [6, 6.07) is 0. The Hall–Kier alpha value is -2.29. The number of methoxy groups -OCH3 is 1. The number of carbonyl (C=O) groups is 2. The third kappa shape index (κ3) is 3.24. The zero-order valence-corrected chi connectivity index (χ0v) is 12.7. The van der Waals surface area contributed by atoms with Gasteiger partial charge in [0.1, 0.15) is 11.2 Å². The molecule has 0 aliphatic carbocycles. The molecule has 0 saturated heterocycles. The van der Waals surface area contributed by atoms with E-state index >= 15 is 0 Å². The second-order valence-corrected chi connectivity index (χ2v) is 5.13. The van der Waals surface area contributed by atoms with Gasteiger partial charge >= 0.3 is 5.97 Å². The van der Waals surface area contributed by atoms with Crippen LogP contribution in [-0.2, 0) is 17.8 Å². The molecule has 1 N–H and O–H groups in total. The standard InChI is InChI=1S/C12H15N5O3S/c1-4-17-6-14-16-8(17)5-13-12-15-9(11(19)20-3)10(21-12)7(2)18/h6H,4-5H2,1-3H3,(H,13,15). The fraction of sp³-hybridized carbons (Fsp3) is 0.417. The van der Waals surface area contributed by atoms with Gasteiger partial charge < -0.3 is 14.6 Å². The van der Waals surface area contributed by atoms with E-state index < -0.39 is 5.97 Å². The van der Waals surface area contributed by atoms with E-state index in [4.69, 9.17) is 0 Å². The first-order valence-electron chi connectivity index (χ1n) is 6.27. The second-order valence-electron chi connectivity index (χ2n) is 4.13. The van der Waals surface area contributed by atoms with Gasteiger partial charge in [0, 0.05) is 13.5 Å². The minimum Gasteiger partial charge on any atom is -0.464 e. The van der Waals surface area contributed by atoms with Crippen LogP contribution in [0.15, 0.2) is 6.33 Å². The summed E-state index contributed by atoms with van der Waals surface area (Å²) in [5, 5.41) is 11.3. The number of Topliss-reactive ketones (excluding diaryl/α,β-unsaturated/α-hetero) is 1. The first kappa shape index (κ1) is 15.1. The van der Waals surface area contributed by atoms with Gasteiger partial charge in [-0.2, -0.15) is 0 Å². The topological polar surface area (TPSA) is 99.0 Å². The third-order valence-electron chi connectivity index (χ3n) is 2.76. The molecule has 0 saturated carbocycles. The van der Waals surface area contributed by atoms with Crippen LogP contribution in [0.5, 0.6) is 0 Å². The summed E-state index contributed by atoms with van der Waals surface area (Å²) in [5.74, 6) is -0.101. The van der Waals surface area contributed by atoms with Crippen molar-refractivity contribution in [1.82, 2.24) is 19.7 Å². The Kier molecular flexibility index (Phi) is 4.63. The van der Waals surface area contributed by atoms with Crippen molar-refractivity contribution in [3.63, 3.8) is 0 Å². The van der Waals surface area contributed by atoms with Gasteiger partial charge in [-0.15, -0.1) is 10.2 Å². The van der Waals surface area contributed by atoms with Gasteiger partial charge in [-0.25, -0.2) is 9.78 Å². The number of anilines is 1. The van der Waals surface area contributed by atoms with E-state index in [0.717, 1.165) is 23.7 Å². The molecule has 0 unspecified atom stereocenters. The van der Waals surface area contributed by atoms with Crippen molar-refractivity contribution in [2.75, 3.05) is 12.4 Å². The molecule has 2 heterocycles. The average molecular weight is 309 g/mol. The van der Waals surface area contributed by atoms with E-state index in [1.165, 1.54) is 14.0 Å². The van der Waals surface area contributed by atoms with Crippen molar-refractivity contribution >= 4 is 28.2 Å². The molecule has 0 amide bonds. The number of ketones is 1. The summed E-state index contributed by atoms with van der Waals surface area (Å²) < 4.78 is 6.51. The highest BCUT2D eigenvalue weighted by Crippen LogP contribution is 2.24. The smallest absolute Gasteiger partial charge is 0.358 e. The highest BCUT2D eigenvalue weighted by molar-refractivity contribution is 7.17. The van der Waals surface area contributed by atoms with Crippen molar-refractivity contribution in [2.45, 2.75) is 26.9 Å². The third-order valence-corrected chi connectivity index (χ3v) is 3.87. The molecule has 0 radical (unpaired) electrons. The van der Waals surface area contributed by atoms with Crippen molar-refractivity contribution in [3.05, 3.63) is 22.7 Å². The molecule has 0 bridgehead atoms. The van der Waals surface area contributed by atoms with Gasteiger partial charge in [0.25, 0.3) is 0 Å². The Bertz CT molecular complexity index is 664. The largest absolute Gasteiger partial charge is 0.464 e. The minimum absolute atomic E-state index is 0.0365. The molecular formula is C12H15N5O3S. The minimum atomic E-state index is -0.624. The highest BCUT2D eigenvalue weighted by Gasteiger charge is 2.21. The Balaban J connectivity index is 2.17. The number of aryl methyl sites for hydroxylation is 1. The molecule has 2 aromatic heterocycles. The fourth-order valence-electron chi connectivity index (χ4n) is 1.70. The Labute approximate surface area is 125 Å². The van der Waals surface area contributed by atoms with Crippen molar-refractivity contribution in [2.24, 2.45) is 0 Å². The van der Waals surface area contributed by atoms with Crippen LogP contribution in [0.4, 0.5) is 5.13 Å². The van der Waals surface area contributed by atoms with Crippen molar-refractivity contribution < 1.29 is 14.3 Å². The van der Waals surface area contributed by atoms with E-state index in [1.807, 2.05) is 11.5 Å². The Morgan fingerprint density at radius 1 is 1.48 bits per heavy atom. The fourth-order valence-corrected chi connectivity index (χ4v) is 2.55. The van der Waals surface area contributed by atoms with E-state index in [2.05, 4.69) is 25.2 Å². The summed E-state index contributed by atoms with van der Waals surface area (Å²) in [5.41, 5.74) is 0.0365. The molecule has 0 spiro atoms. The predicted octanol–water partition coefficient (Wildman–Crippen LogP) is 1.36. The molecule has 9 heteroatoms. The van der Waals surface area contributed by atoms with Crippen LogP contribution in [0, 0.1) is 0 Å². The highest BCUT2D eigenvalue weighted by atomic mass is 32.1. The second kappa shape index (κ2) is 6.44. The number of nitrogens with one attached hydrogen (secondary N) is 1. The molecule has 2 rings (SSSR count). The zero-order chi connectivity index (χ0) is 15.4. The lowest BCUT2D eigenvalue weighted by Gasteiger charge is -2.03. The van der Waals surface area contributed by atoms with Crippen LogP contribution in [0.2, 0.25) is 0 Å². The van der Waals surface area contributed by atoms with Crippen LogP contribution in [0.1, 0.15) is 39.8 Å². The number of esters is 1. The molecule has 0 fully saturated rings. The molecule has 0 aromatic carbocycles. The maximum absolute atomic E-state index is 11.6. The van der Waals surface area contributed by atoms with E-state index in [9.17, 15) is 9.59 Å². The number of hydrogen-bond acceptors (Lipinski definition) is 8. The molecule has 112 valence electrons. The first-order valence-corrected chi connectivity index (χ1v) is 7.09. The summed E-state index contributed by atoms with van der Waals surface area (Å²) in [6.45, 7) is 4.53. The number of ether oxygens (including phenoxy) is 1. The molecular weight excluding hydrogens is 294 g/mol. The normalized spacial score (nSPS) is 10.4. The van der Waals surface area contributed by atoms with Crippen LogP contribution in [-0.4, -0.2) is 38.6 Å². The van der Waals surface area contributed by atoms with Crippen LogP contribution < -0.4 is 5.32 Å². The predicted molar refractivity (Wildman–Crippen MR) is 76.5 cm³/mol. The Morgan fingerprint density at radius 2 is 2.24 bits per heavy atom. The Morgan fingerprint density at radius 3 is 2.86 bits per heavy atom. The monoisotopic (exact) mass is 309 g/mol. The molecule has 0 atom stereocenters. The first-order chi connectivity index (χ1) is 10.1. The SMILES string of the molecule is CCn1cnnc1CNc1nc(C(=O)OC)c(C(C)=O)s1. The van der Waals surface area contributed by atoms with Gasteiger partial charge in [0.2, 0.25) is 0 Å². The molecule has 0 aliphatic rings. The zero-order valence-electron chi connectivity index (χ0n) is 11.9. The molecule has 0 aliphatic heterocycles. The van der Waals surface area contributed by atoms with Crippen LogP contribution in [0.25, 0.3) is 0 Å². The van der Waals surface area contributed by atoms with Crippen molar-refractivity contribution in [3.8, 4) is 0 Å². The van der Waals surface area contributed by atoms with Gasteiger partial charge in [-0.1, -0.05) is 11.3 Å². The van der Waals surface area contributed by atoms with Crippen LogP contribution >= 0.6 is 11.3 Å². The van der Waals surface area contributed by atoms with Crippen LogP contribution in [0.3, 0.4) is 0 Å². The lowest BCUT2D eigenvalue weighted by atomic mass is 10.3. The summed E-state index contributed by atoms with van der Waals surface area (Å²) in [6.07, 6.45) is 1.64. The number of rotatable bonds is 6. The van der Waals surface area contributed by atoms with E-state index in [1.54, 1.807) is 6.33 Å².